The largest absolute Gasteiger partial charge is 0.481 e. The van der Waals surface area contributed by atoms with E-state index < -0.39 is 11.5 Å². The predicted octanol–water partition coefficient (Wildman–Crippen LogP) is 0.952. The number of carbonyl (C=O) groups is 2. The molecule has 90 valence electrons. The highest BCUT2D eigenvalue weighted by atomic mass is 16.4. The highest BCUT2D eigenvalue weighted by Crippen LogP contribution is 1.98. The lowest BCUT2D eigenvalue weighted by Crippen LogP contribution is -2.47. The van der Waals surface area contributed by atoms with Crippen LogP contribution in [0.4, 0.5) is 4.79 Å². The van der Waals surface area contributed by atoms with Gasteiger partial charge in [0.05, 0.1) is 5.54 Å². The molecule has 0 spiro atoms. The van der Waals surface area contributed by atoms with Crippen LogP contribution in [0.2, 0.25) is 0 Å². The van der Waals surface area contributed by atoms with E-state index in [2.05, 4.69) is 16.6 Å². The van der Waals surface area contributed by atoms with Crippen LogP contribution in [0.3, 0.4) is 0 Å². The molecular formula is C11H18N2O3. The molecule has 0 atom stereocenters. The number of carboxylic acid groups (broad SMARTS) is 1. The molecule has 5 nitrogen and oxygen atoms in total. The molecule has 16 heavy (non-hydrogen) atoms. The third kappa shape index (κ3) is 7.68. The van der Waals surface area contributed by atoms with Gasteiger partial charge in [-0.3, -0.25) is 4.79 Å². The molecule has 2 amide bonds. The van der Waals surface area contributed by atoms with Gasteiger partial charge in [0.1, 0.15) is 0 Å². The van der Waals surface area contributed by atoms with Crippen LogP contribution in [0.1, 0.15) is 33.1 Å². The molecule has 0 radical (unpaired) electrons. The van der Waals surface area contributed by atoms with Gasteiger partial charge in [-0.25, -0.2) is 4.79 Å². The fourth-order valence-corrected chi connectivity index (χ4v) is 0.967. The van der Waals surface area contributed by atoms with Crippen molar-refractivity contribution in [1.29, 1.82) is 0 Å². The van der Waals surface area contributed by atoms with Crippen molar-refractivity contribution in [3.63, 3.8) is 0 Å². The van der Waals surface area contributed by atoms with E-state index in [0.717, 1.165) is 0 Å². The Morgan fingerprint density at radius 3 is 2.50 bits per heavy atom. The van der Waals surface area contributed by atoms with Crippen molar-refractivity contribution in [3.8, 4) is 12.3 Å². The summed E-state index contributed by atoms with van der Waals surface area (Å²) >= 11 is 0. The first-order chi connectivity index (χ1) is 7.37. The minimum Gasteiger partial charge on any atom is -0.481 e. The Labute approximate surface area is 95.6 Å². The van der Waals surface area contributed by atoms with Gasteiger partial charge in [-0.2, -0.15) is 0 Å². The lowest BCUT2D eigenvalue weighted by atomic mass is 10.1. The number of nitrogens with one attached hydrogen (secondary N) is 2. The highest BCUT2D eigenvalue weighted by molar-refractivity contribution is 5.75. The van der Waals surface area contributed by atoms with Crippen molar-refractivity contribution in [2.45, 2.75) is 38.6 Å². The Hall–Kier alpha value is -1.70. The standard InChI is InChI=1S/C11H18N2O3/c1-4-11(2,3)13-10(16)12-8-6-5-7-9(14)15/h1H,5-8H2,2-3H3,(H,14,15)(H2,12,13,16). The number of hydrogen-bond donors (Lipinski definition) is 3. The van der Waals surface area contributed by atoms with E-state index in [1.807, 2.05) is 0 Å². The van der Waals surface area contributed by atoms with Crippen LogP contribution in [-0.2, 0) is 4.79 Å². The van der Waals surface area contributed by atoms with E-state index >= 15 is 0 Å². The number of hydrogen-bond acceptors (Lipinski definition) is 2. The number of aliphatic carboxylic acids is 1. The van der Waals surface area contributed by atoms with Gasteiger partial charge in [0.15, 0.2) is 0 Å². The molecule has 0 aliphatic carbocycles. The molecule has 0 heterocycles. The number of amides is 2. The Bertz CT molecular complexity index is 292. The molecule has 0 saturated carbocycles. The normalized spacial score (nSPS) is 10.3. The monoisotopic (exact) mass is 226 g/mol. The molecule has 0 rings (SSSR count). The van der Waals surface area contributed by atoms with Gasteiger partial charge in [-0.1, -0.05) is 5.92 Å². The maximum Gasteiger partial charge on any atom is 0.315 e. The zero-order valence-corrected chi connectivity index (χ0v) is 9.67. The Morgan fingerprint density at radius 1 is 1.38 bits per heavy atom. The van der Waals surface area contributed by atoms with Gasteiger partial charge in [-0.05, 0) is 26.7 Å². The summed E-state index contributed by atoms with van der Waals surface area (Å²) in [6, 6.07) is -0.335. The van der Waals surface area contributed by atoms with Crippen LogP contribution in [0.5, 0.6) is 0 Å². The van der Waals surface area contributed by atoms with Crippen molar-refractivity contribution in [1.82, 2.24) is 10.6 Å². The van der Waals surface area contributed by atoms with Crippen LogP contribution in [0.25, 0.3) is 0 Å². The SMILES string of the molecule is C#CC(C)(C)NC(=O)NCCCCC(=O)O. The molecule has 0 aliphatic rings. The van der Waals surface area contributed by atoms with E-state index in [9.17, 15) is 9.59 Å². The smallest absolute Gasteiger partial charge is 0.315 e. The number of carbonyl (C=O) groups excluding carboxylic acids is 1. The summed E-state index contributed by atoms with van der Waals surface area (Å²) in [4.78, 5) is 21.5. The zero-order valence-electron chi connectivity index (χ0n) is 9.67. The summed E-state index contributed by atoms with van der Waals surface area (Å²) in [5, 5.41) is 13.6. The average molecular weight is 226 g/mol. The third-order valence-corrected chi connectivity index (χ3v) is 1.89. The quantitative estimate of drug-likeness (QED) is 0.466. The number of rotatable bonds is 6. The van der Waals surface area contributed by atoms with Crippen LogP contribution >= 0.6 is 0 Å². The third-order valence-electron chi connectivity index (χ3n) is 1.89. The van der Waals surface area contributed by atoms with Crippen molar-refractivity contribution in [2.24, 2.45) is 0 Å². The molecule has 0 saturated heterocycles. The Morgan fingerprint density at radius 2 is 2.00 bits per heavy atom. The average Bonchev–Trinajstić information content (AvgIpc) is 2.16. The van der Waals surface area contributed by atoms with E-state index in [-0.39, 0.29) is 12.5 Å². The molecule has 0 unspecified atom stereocenters. The van der Waals surface area contributed by atoms with Crippen LogP contribution in [0, 0.1) is 12.3 Å². The molecule has 0 aromatic rings. The summed E-state index contributed by atoms with van der Waals surface area (Å²) < 4.78 is 0. The highest BCUT2D eigenvalue weighted by Gasteiger charge is 2.15. The van der Waals surface area contributed by atoms with Gasteiger partial charge >= 0.3 is 12.0 Å². The maximum atomic E-state index is 11.3. The van der Waals surface area contributed by atoms with E-state index in [1.165, 1.54) is 0 Å². The molecule has 0 aromatic carbocycles. The second-order valence-corrected chi connectivity index (χ2v) is 4.00. The lowest BCUT2D eigenvalue weighted by molar-refractivity contribution is -0.137. The first-order valence-electron chi connectivity index (χ1n) is 5.13. The molecule has 0 aliphatic heterocycles. The second kappa shape index (κ2) is 6.72. The summed E-state index contributed by atoms with van der Waals surface area (Å²) in [7, 11) is 0. The first-order valence-corrected chi connectivity index (χ1v) is 5.13. The van der Waals surface area contributed by atoms with Crippen LogP contribution < -0.4 is 10.6 Å². The van der Waals surface area contributed by atoms with Crippen molar-refractivity contribution in [2.75, 3.05) is 6.54 Å². The molecule has 0 fully saturated rings. The lowest BCUT2D eigenvalue weighted by Gasteiger charge is -2.19. The summed E-state index contributed by atoms with van der Waals surface area (Å²) in [6.45, 7) is 3.88. The van der Waals surface area contributed by atoms with E-state index in [0.29, 0.717) is 19.4 Å². The van der Waals surface area contributed by atoms with Gasteiger partial charge in [0.2, 0.25) is 0 Å². The predicted molar refractivity (Wildman–Crippen MR) is 60.9 cm³/mol. The Balaban J connectivity index is 3.60. The number of carboxylic acids is 1. The summed E-state index contributed by atoms with van der Waals surface area (Å²) in [6.07, 6.45) is 6.52. The van der Waals surface area contributed by atoms with Crippen LogP contribution in [0.15, 0.2) is 0 Å². The number of urea groups is 1. The van der Waals surface area contributed by atoms with Crippen molar-refractivity contribution >= 4 is 12.0 Å². The van der Waals surface area contributed by atoms with Gasteiger partial charge < -0.3 is 15.7 Å². The van der Waals surface area contributed by atoms with Gasteiger partial charge in [0, 0.05) is 13.0 Å². The first kappa shape index (κ1) is 14.3. The fraction of sp³-hybridized carbons (Fsp3) is 0.636. The fourth-order valence-electron chi connectivity index (χ4n) is 0.967. The summed E-state index contributed by atoms with van der Waals surface area (Å²) in [5.74, 6) is 1.62. The topological polar surface area (TPSA) is 78.4 Å². The molecule has 5 heteroatoms. The number of terminal acetylenes is 1. The molecule has 0 aromatic heterocycles. The summed E-state index contributed by atoms with van der Waals surface area (Å²) in [5.41, 5.74) is -0.675. The van der Waals surface area contributed by atoms with Gasteiger partial charge in [0.25, 0.3) is 0 Å². The van der Waals surface area contributed by atoms with E-state index in [1.54, 1.807) is 13.8 Å². The second-order valence-electron chi connectivity index (χ2n) is 4.00. The molecule has 0 bridgehead atoms. The molecule has 3 N–H and O–H groups in total. The van der Waals surface area contributed by atoms with Crippen LogP contribution in [-0.4, -0.2) is 29.2 Å². The van der Waals surface area contributed by atoms with E-state index in [4.69, 9.17) is 11.5 Å². The van der Waals surface area contributed by atoms with Crippen molar-refractivity contribution < 1.29 is 14.7 Å². The van der Waals surface area contributed by atoms with Crippen molar-refractivity contribution in [3.05, 3.63) is 0 Å². The minimum atomic E-state index is -0.821. The maximum absolute atomic E-state index is 11.3. The Kier molecular flexibility index (Phi) is 6.01. The zero-order chi connectivity index (χ0) is 12.6. The molecular weight excluding hydrogens is 208 g/mol. The minimum absolute atomic E-state index is 0.124. The van der Waals surface area contributed by atoms with Gasteiger partial charge in [-0.15, -0.1) is 6.42 Å². The number of unbranched alkanes of at least 4 members (excludes halogenated alkanes) is 1.